The van der Waals surface area contributed by atoms with Crippen molar-refractivity contribution in [1.82, 2.24) is 0 Å². The molecule has 22 heavy (non-hydrogen) atoms. The summed E-state index contributed by atoms with van der Waals surface area (Å²) in [5, 5.41) is 2.79. The maximum Gasteiger partial charge on any atom is 0.259 e. The third-order valence-corrected chi connectivity index (χ3v) is 3.51. The number of ether oxygens (including phenoxy) is 1. The van der Waals surface area contributed by atoms with Crippen LogP contribution in [0, 0.1) is 0 Å². The maximum atomic E-state index is 12.4. The topological polar surface area (TPSA) is 55.4 Å². The van der Waals surface area contributed by atoms with Gasteiger partial charge in [-0.15, -0.1) is 0 Å². The van der Waals surface area contributed by atoms with Crippen LogP contribution in [0.25, 0.3) is 0 Å². The van der Waals surface area contributed by atoms with E-state index in [0.717, 1.165) is 4.47 Å². The van der Waals surface area contributed by atoms with Gasteiger partial charge in [-0.1, -0.05) is 28.1 Å². The number of anilines is 1. The van der Waals surface area contributed by atoms with Crippen LogP contribution >= 0.6 is 15.9 Å². The normalized spacial score (nSPS) is 10.1. The average Bonchev–Trinajstić information content (AvgIpc) is 2.49. The molecular weight excluding hydrogens is 346 g/mol. The number of hydrogen-bond donors (Lipinski definition) is 1. The lowest BCUT2D eigenvalue weighted by Gasteiger charge is -2.11. The Morgan fingerprint density at radius 2 is 1.95 bits per heavy atom. The number of halogens is 1. The average molecular weight is 362 g/mol. The molecule has 0 heterocycles. The molecule has 0 unspecified atom stereocenters. The molecule has 0 aliphatic heterocycles. The van der Waals surface area contributed by atoms with E-state index in [2.05, 4.69) is 21.2 Å². The molecule has 0 aliphatic rings. The van der Waals surface area contributed by atoms with Gasteiger partial charge in [-0.2, -0.15) is 0 Å². The summed E-state index contributed by atoms with van der Waals surface area (Å²) in [6, 6.07) is 12.1. The van der Waals surface area contributed by atoms with Gasteiger partial charge in [0.2, 0.25) is 0 Å². The van der Waals surface area contributed by atoms with E-state index >= 15 is 0 Å². The number of ketones is 1. The molecule has 1 amide bonds. The van der Waals surface area contributed by atoms with E-state index in [1.165, 1.54) is 6.92 Å². The number of carbonyl (C=O) groups is 2. The fraction of sp³-hybridized carbons (Fsp3) is 0.176. The molecule has 0 saturated heterocycles. The smallest absolute Gasteiger partial charge is 0.259 e. The fourth-order valence-electron chi connectivity index (χ4n) is 1.98. The molecule has 5 heteroatoms. The first-order chi connectivity index (χ1) is 10.5. The van der Waals surface area contributed by atoms with Gasteiger partial charge in [-0.05, 0) is 44.2 Å². The van der Waals surface area contributed by atoms with E-state index in [-0.39, 0.29) is 11.7 Å². The van der Waals surface area contributed by atoms with Crippen LogP contribution in [0.4, 0.5) is 5.69 Å². The minimum Gasteiger partial charge on any atom is -0.493 e. The molecule has 0 spiro atoms. The summed E-state index contributed by atoms with van der Waals surface area (Å²) in [6.45, 7) is 3.82. The molecule has 0 atom stereocenters. The third kappa shape index (κ3) is 3.95. The predicted octanol–water partition coefficient (Wildman–Crippen LogP) is 4.30. The number of hydrogen-bond acceptors (Lipinski definition) is 3. The second kappa shape index (κ2) is 7.22. The number of nitrogens with one attached hydrogen (secondary N) is 1. The summed E-state index contributed by atoms with van der Waals surface area (Å²) < 4.78 is 6.27. The highest BCUT2D eigenvalue weighted by Crippen LogP contribution is 2.24. The second-order valence-electron chi connectivity index (χ2n) is 4.66. The first-order valence-corrected chi connectivity index (χ1v) is 7.65. The number of amides is 1. The van der Waals surface area contributed by atoms with E-state index in [9.17, 15) is 9.59 Å². The fourth-order valence-corrected chi connectivity index (χ4v) is 2.34. The quantitative estimate of drug-likeness (QED) is 0.807. The first-order valence-electron chi connectivity index (χ1n) is 6.86. The summed E-state index contributed by atoms with van der Waals surface area (Å²) in [4.78, 5) is 23.8. The Hall–Kier alpha value is -2.14. The Bertz CT molecular complexity index is 713. The zero-order chi connectivity index (χ0) is 16.1. The van der Waals surface area contributed by atoms with Crippen molar-refractivity contribution >= 4 is 33.3 Å². The number of Topliss-reactive ketones (excluding diaryl/α,β-unsaturated/α-hetero) is 1. The monoisotopic (exact) mass is 361 g/mol. The minimum atomic E-state index is -0.287. The highest BCUT2D eigenvalue weighted by Gasteiger charge is 2.14. The van der Waals surface area contributed by atoms with Gasteiger partial charge in [0.1, 0.15) is 5.75 Å². The Kier molecular flexibility index (Phi) is 5.33. The van der Waals surface area contributed by atoms with E-state index in [0.29, 0.717) is 29.2 Å². The molecule has 1 N–H and O–H groups in total. The van der Waals surface area contributed by atoms with Crippen LogP contribution < -0.4 is 10.1 Å². The van der Waals surface area contributed by atoms with Gasteiger partial charge in [0.05, 0.1) is 12.2 Å². The lowest BCUT2D eigenvalue weighted by molar-refractivity contribution is 0.100. The van der Waals surface area contributed by atoms with Gasteiger partial charge in [0.15, 0.2) is 5.78 Å². The minimum absolute atomic E-state index is 0.0476. The van der Waals surface area contributed by atoms with Crippen molar-refractivity contribution < 1.29 is 14.3 Å². The Labute approximate surface area is 137 Å². The van der Waals surface area contributed by atoms with Crippen molar-refractivity contribution in [2.45, 2.75) is 13.8 Å². The summed E-state index contributed by atoms with van der Waals surface area (Å²) in [6.07, 6.45) is 0. The zero-order valence-electron chi connectivity index (χ0n) is 12.4. The van der Waals surface area contributed by atoms with Crippen molar-refractivity contribution in [3.8, 4) is 5.75 Å². The van der Waals surface area contributed by atoms with Crippen LogP contribution in [0.5, 0.6) is 5.75 Å². The van der Waals surface area contributed by atoms with E-state index in [4.69, 9.17) is 4.74 Å². The van der Waals surface area contributed by atoms with Gasteiger partial charge in [-0.25, -0.2) is 0 Å². The largest absolute Gasteiger partial charge is 0.493 e. The molecule has 0 bridgehead atoms. The molecule has 4 nitrogen and oxygen atoms in total. The summed E-state index contributed by atoms with van der Waals surface area (Å²) in [5.41, 5.74) is 1.56. The van der Waals surface area contributed by atoms with Crippen molar-refractivity contribution in [2.24, 2.45) is 0 Å². The molecule has 0 saturated carbocycles. The molecule has 0 aromatic heterocycles. The molecule has 0 fully saturated rings. The van der Waals surface area contributed by atoms with Crippen LogP contribution in [0.15, 0.2) is 46.9 Å². The molecule has 2 aromatic rings. The van der Waals surface area contributed by atoms with E-state index in [1.807, 2.05) is 13.0 Å². The number of rotatable bonds is 5. The number of carbonyl (C=O) groups excluding carboxylic acids is 2. The Balaban J connectivity index is 2.27. The van der Waals surface area contributed by atoms with Crippen molar-refractivity contribution in [1.29, 1.82) is 0 Å². The molecule has 2 aromatic carbocycles. The van der Waals surface area contributed by atoms with Crippen LogP contribution in [0.3, 0.4) is 0 Å². The van der Waals surface area contributed by atoms with Crippen molar-refractivity contribution in [3.63, 3.8) is 0 Å². The van der Waals surface area contributed by atoms with Crippen LogP contribution in [0.1, 0.15) is 34.6 Å². The van der Waals surface area contributed by atoms with Gasteiger partial charge in [-0.3, -0.25) is 9.59 Å². The highest BCUT2D eigenvalue weighted by atomic mass is 79.9. The van der Waals surface area contributed by atoms with Crippen LogP contribution in [-0.2, 0) is 0 Å². The van der Waals surface area contributed by atoms with Crippen molar-refractivity contribution in [2.75, 3.05) is 11.9 Å². The predicted molar refractivity (Wildman–Crippen MR) is 89.7 cm³/mol. The Morgan fingerprint density at radius 1 is 1.18 bits per heavy atom. The molecule has 0 radical (unpaired) electrons. The molecule has 2 rings (SSSR count). The van der Waals surface area contributed by atoms with E-state index in [1.54, 1.807) is 36.4 Å². The molecular formula is C17H16BrNO3. The number of benzene rings is 2. The first kappa shape index (κ1) is 16.2. The maximum absolute atomic E-state index is 12.4. The van der Waals surface area contributed by atoms with Crippen molar-refractivity contribution in [3.05, 3.63) is 58.1 Å². The van der Waals surface area contributed by atoms with Gasteiger partial charge < -0.3 is 10.1 Å². The van der Waals surface area contributed by atoms with E-state index < -0.39 is 0 Å². The Morgan fingerprint density at radius 3 is 2.64 bits per heavy atom. The SMILES string of the molecule is CCOc1ccc(Br)cc1C(=O)Nc1cccc(C(C)=O)c1. The standard InChI is InChI=1S/C17H16BrNO3/c1-3-22-16-8-7-13(18)10-15(16)17(21)19-14-6-4-5-12(9-14)11(2)20/h4-10H,3H2,1-2H3,(H,19,21). The summed E-state index contributed by atoms with van der Waals surface area (Å²) in [7, 11) is 0. The lowest BCUT2D eigenvalue weighted by atomic mass is 10.1. The summed E-state index contributed by atoms with van der Waals surface area (Å²) in [5.74, 6) is 0.185. The zero-order valence-corrected chi connectivity index (χ0v) is 13.9. The second-order valence-corrected chi connectivity index (χ2v) is 5.58. The van der Waals surface area contributed by atoms with Crippen LogP contribution in [-0.4, -0.2) is 18.3 Å². The lowest BCUT2D eigenvalue weighted by Crippen LogP contribution is -2.14. The summed E-state index contributed by atoms with van der Waals surface area (Å²) >= 11 is 3.35. The van der Waals surface area contributed by atoms with Gasteiger partial charge >= 0.3 is 0 Å². The molecule has 114 valence electrons. The van der Waals surface area contributed by atoms with Crippen LogP contribution in [0.2, 0.25) is 0 Å². The van der Waals surface area contributed by atoms with Gasteiger partial charge in [0.25, 0.3) is 5.91 Å². The molecule has 0 aliphatic carbocycles. The highest BCUT2D eigenvalue weighted by molar-refractivity contribution is 9.10. The van der Waals surface area contributed by atoms with Gasteiger partial charge in [0, 0.05) is 15.7 Å². The third-order valence-electron chi connectivity index (χ3n) is 3.01.